The van der Waals surface area contributed by atoms with Crippen LogP contribution in [0, 0.1) is 5.82 Å². The van der Waals surface area contributed by atoms with Crippen LogP contribution in [-0.2, 0) is 11.8 Å². The van der Waals surface area contributed by atoms with Gasteiger partial charge >= 0.3 is 0 Å². The number of rotatable bonds is 5. The fraction of sp³-hybridized carbons (Fsp3) is 0.389. The zero-order valence-corrected chi connectivity index (χ0v) is 14.6. The molecule has 0 unspecified atom stereocenters. The van der Waals surface area contributed by atoms with E-state index in [1.807, 2.05) is 19.2 Å². The fourth-order valence-corrected chi connectivity index (χ4v) is 3.33. The molecule has 1 aromatic carbocycles. The molecule has 1 aliphatic heterocycles. The highest BCUT2D eigenvalue weighted by Crippen LogP contribution is 2.24. The molecule has 1 N–H and O–H groups in total. The summed E-state index contributed by atoms with van der Waals surface area (Å²) >= 11 is 0. The van der Waals surface area contributed by atoms with Crippen molar-refractivity contribution in [3.05, 3.63) is 48.2 Å². The zero-order valence-electron chi connectivity index (χ0n) is 14.6. The Morgan fingerprint density at radius 2 is 1.96 bits per heavy atom. The van der Waals surface area contributed by atoms with Crippen molar-refractivity contribution in [3.8, 4) is 0 Å². The van der Waals surface area contributed by atoms with Crippen LogP contribution in [0.3, 0.4) is 0 Å². The van der Waals surface area contributed by atoms with Crippen molar-refractivity contribution in [2.24, 2.45) is 7.05 Å². The topological polar surface area (TPSA) is 68.1 Å². The number of nitrogens with one attached hydrogen (secondary N) is 1. The molecule has 3 heterocycles. The van der Waals surface area contributed by atoms with Crippen LogP contribution >= 0.6 is 0 Å². The largest absolute Gasteiger partial charge is 0.379 e. The fourth-order valence-electron chi connectivity index (χ4n) is 3.33. The first kappa shape index (κ1) is 16.9. The van der Waals surface area contributed by atoms with Crippen LogP contribution in [0.2, 0.25) is 0 Å². The Balaban J connectivity index is 1.58. The average molecular weight is 356 g/mol. The third-order valence-corrected chi connectivity index (χ3v) is 4.73. The number of halogens is 1. The normalized spacial score (nSPS) is 16.7. The standard InChI is InChI=1S/C18H21FN6O/c1-24-18-15(10-23-24)17(21-12-22-18)20-11-16(25-6-8-26-9-7-25)13-2-4-14(19)5-3-13/h2-5,10,12,16H,6-9,11H2,1H3,(H,20,21,22)/t16-/m1/s1. The van der Waals surface area contributed by atoms with Crippen LogP contribution in [-0.4, -0.2) is 57.5 Å². The maximum atomic E-state index is 13.3. The minimum Gasteiger partial charge on any atom is -0.379 e. The first-order valence-corrected chi connectivity index (χ1v) is 8.66. The molecule has 2 aromatic heterocycles. The number of hydrogen-bond donors (Lipinski definition) is 1. The number of anilines is 1. The van der Waals surface area contributed by atoms with Crippen LogP contribution in [0.15, 0.2) is 36.8 Å². The molecule has 0 radical (unpaired) electrons. The molecule has 7 nitrogen and oxygen atoms in total. The lowest BCUT2D eigenvalue weighted by Crippen LogP contribution is -2.41. The number of ether oxygens (including phenoxy) is 1. The molecular formula is C18H21FN6O. The van der Waals surface area contributed by atoms with Gasteiger partial charge in [0.2, 0.25) is 0 Å². The molecule has 0 aliphatic carbocycles. The summed E-state index contributed by atoms with van der Waals surface area (Å²) < 4.78 is 20.5. The lowest BCUT2D eigenvalue weighted by molar-refractivity contribution is 0.0187. The SMILES string of the molecule is Cn1ncc2c(NC[C@H](c3ccc(F)cc3)N3CCOCC3)ncnc21. The summed E-state index contributed by atoms with van der Waals surface area (Å²) in [4.78, 5) is 11.0. The van der Waals surface area contributed by atoms with E-state index in [9.17, 15) is 4.39 Å². The van der Waals surface area contributed by atoms with Gasteiger partial charge in [-0.15, -0.1) is 0 Å². The minimum atomic E-state index is -0.227. The van der Waals surface area contributed by atoms with Gasteiger partial charge in [0.05, 0.1) is 30.8 Å². The van der Waals surface area contributed by atoms with Gasteiger partial charge in [0.1, 0.15) is 18.0 Å². The number of nitrogens with zero attached hydrogens (tertiary/aromatic N) is 5. The van der Waals surface area contributed by atoms with Crippen molar-refractivity contribution < 1.29 is 9.13 Å². The second kappa shape index (κ2) is 7.35. The Morgan fingerprint density at radius 3 is 2.73 bits per heavy atom. The van der Waals surface area contributed by atoms with Crippen LogP contribution in [0.1, 0.15) is 11.6 Å². The molecule has 1 saturated heterocycles. The summed E-state index contributed by atoms with van der Waals surface area (Å²) in [6.45, 7) is 3.74. The summed E-state index contributed by atoms with van der Waals surface area (Å²) in [6.07, 6.45) is 3.30. The summed E-state index contributed by atoms with van der Waals surface area (Å²) in [6, 6.07) is 6.80. The number of aryl methyl sites for hydroxylation is 1. The van der Waals surface area contributed by atoms with Gasteiger partial charge in [-0.05, 0) is 17.7 Å². The monoisotopic (exact) mass is 356 g/mol. The maximum absolute atomic E-state index is 13.3. The van der Waals surface area contributed by atoms with E-state index in [0.717, 1.165) is 35.5 Å². The van der Waals surface area contributed by atoms with Gasteiger partial charge in [-0.2, -0.15) is 5.10 Å². The average Bonchev–Trinajstić information content (AvgIpc) is 3.06. The van der Waals surface area contributed by atoms with Gasteiger partial charge < -0.3 is 10.1 Å². The highest BCUT2D eigenvalue weighted by atomic mass is 19.1. The molecule has 0 amide bonds. The molecular weight excluding hydrogens is 335 g/mol. The van der Waals surface area contributed by atoms with E-state index in [4.69, 9.17) is 4.74 Å². The van der Waals surface area contributed by atoms with E-state index in [2.05, 4.69) is 25.3 Å². The van der Waals surface area contributed by atoms with E-state index in [-0.39, 0.29) is 11.9 Å². The van der Waals surface area contributed by atoms with Gasteiger partial charge in [0.15, 0.2) is 5.65 Å². The molecule has 1 atom stereocenters. The van der Waals surface area contributed by atoms with Crippen molar-refractivity contribution >= 4 is 16.9 Å². The lowest BCUT2D eigenvalue weighted by Gasteiger charge is -2.35. The first-order chi connectivity index (χ1) is 12.7. The molecule has 0 bridgehead atoms. The van der Waals surface area contributed by atoms with Crippen molar-refractivity contribution in [3.63, 3.8) is 0 Å². The Hall–Kier alpha value is -2.58. The van der Waals surface area contributed by atoms with Crippen molar-refractivity contribution in [1.82, 2.24) is 24.6 Å². The highest BCUT2D eigenvalue weighted by Gasteiger charge is 2.23. The molecule has 3 aromatic rings. The molecule has 136 valence electrons. The number of morpholine rings is 1. The van der Waals surface area contributed by atoms with Crippen LogP contribution < -0.4 is 5.32 Å². The Morgan fingerprint density at radius 1 is 1.19 bits per heavy atom. The van der Waals surface area contributed by atoms with Crippen molar-refractivity contribution in [1.29, 1.82) is 0 Å². The van der Waals surface area contributed by atoms with Gasteiger partial charge in [0.25, 0.3) is 0 Å². The van der Waals surface area contributed by atoms with E-state index in [1.165, 1.54) is 18.5 Å². The van der Waals surface area contributed by atoms with Gasteiger partial charge in [0, 0.05) is 26.7 Å². The summed E-state index contributed by atoms with van der Waals surface area (Å²) in [5, 5.41) is 8.56. The van der Waals surface area contributed by atoms with Crippen molar-refractivity contribution in [2.45, 2.75) is 6.04 Å². The number of fused-ring (bicyclic) bond motifs is 1. The predicted octanol–water partition coefficient (Wildman–Crippen LogP) is 1.99. The summed E-state index contributed by atoms with van der Waals surface area (Å²) in [5.74, 6) is 0.527. The molecule has 0 saturated carbocycles. The van der Waals surface area contributed by atoms with Gasteiger partial charge in [-0.25, -0.2) is 14.4 Å². The zero-order chi connectivity index (χ0) is 17.9. The third-order valence-electron chi connectivity index (χ3n) is 4.73. The minimum absolute atomic E-state index is 0.0983. The Kier molecular flexibility index (Phi) is 4.77. The maximum Gasteiger partial charge on any atom is 0.163 e. The smallest absolute Gasteiger partial charge is 0.163 e. The van der Waals surface area contributed by atoms with Gasteiger partial charge in [-0.3, -0.25) is 9.58 Å². The van der Waals surface area contributed by atoms with E-state index < -0.39 is 0 Å². The Bertz CT molecular complexity index is 875. The molecule has 0 spiro atoms. The van der Waals surface area contributed by atoms with Crippen molar-refractivity contribution in [2.75, 3.05) is 38.2 Å². The van der Waals surface area contributed by atoms with Crippen LogP contribution in [0.25, 0.3) is 11.0 Å². The van der Waals surface area contributed by atoms with E-state index in [0.29, 0.717) is 19.8 Å². The quantitative estimate of drug-likeness (QED) is 0.754. The second-order valence-corrected chi connectivity index (χ2v) is 6.32. The van der Waals surface area contributed by atoms with E-state index in [1.54, 1.807) is 10.9 Å². The van der Waals surface area contributed by atoms with E-state index >= 15 is 0 Å². The van der Waals surface area contributed by atoms with Crippen LogP contribution in [0.5, 0.6) is 0 Å². The predicted molar refractivity (Wildman–Crippen MR) is 96.3 cm³/mol. The second-order valence-electron chi connectivity index (χ2n) is 6.32. The molecule has 4 rings (SSSR count). The number of hydrogen-bond acceptors (Lipinski definition) is 6. The molecule has 1 fully saturated rings. The first-order valence-electron chi connectivity index (χ1n) is 8.66. The molecule has 8 heteroatoms. The molecule has 1 aliphatic rings. The summed E-state index contributed by atoms with van der Waals surface area (Å²) in [7, 11) is 1.86. The highest BCUT2D eigenvalue weighted by molar-refractivity contribution is 5.85. The van der Waals surface area contributed by atoms with Gasteiger partial charge in [-0.1, -0.05) is 12.1 Å². The lowest BCUT2D eigenvalue weighted by atomic mass is 10.0. The Labute approximate surface area is 150 Å². The molecule has 26 heavy (non-hydrogen) atoms. The van der Waals surface area contributed by atoms with Crippen LogP contribution in [0.4, 0.5) is 10.2 Å². The number of benzene rings is 1. The summed E-state index contributed by atoms with van der Waals surface area (Å²) in [5.41, 5.74) is 1.85. The third kappa shape index (κ3) is 3.38. The number of aromatic nitrogens is 4.